The van der Waals surface area contributed by atoms with Crippen LogP contribution in [-0.2, 0) is 22.4 Å². The first-order valence-corrected chi connectivity index (χ1v) is 9.14. The molecule has 6 heteroatoms. The number of benzene rings is 2. The van der Waals surface area contributed by atoms with Gasteiger partial charge in [-0.15, -0.1) is 0 Å². The zero-order valence-corrected chi connectivity index (χ0v) is 15.7. The second-order valence-corrected chi connectivity index (χ2v) is 6.84. The molecular weight excluding hydrogens is 342 g/mol. The number of hydrogen-bond acceptors (Lipinski definition) is 4. The van der Waals surface area contributed by atoms with Crippen LogP contribution in [0.15, 0.2) is 36.4 Å². The second kappa shape index (κ2) is 8.58. The number of amides is 2. The number of hydrazine groups is 1. The zero-order valence-electron chi connectivity index (χ0n) is 15.7. The predicted molar refractivity (Wildman–Crippen MR) is 105 cm³/mol. The molecule has 142 valence electrons. The van der Waals surface area contributed by atoms with Gasteiger partial charge in [0.2, 0.25) is 0 Å². The van der Waals surface area contributed by atoms with Crippen LogP contribution in [0.5, 0.6) is 5.75 Å². The average Bonchev–Trinajstić information content (AvgIpc) is 3.11. The van der Waals surface area contributed by atoms with Crippen LogP contribution >= 0.6 is 0 Å². The summed E-state index contributed by atoms with van der Waals surface area (Å²) in [6.45, 7) is 3.91. The number of rotatable bonds is 6. The Morgan fingerprint density at radius 2 is 1.74 bits per heavy atom. The van der Waals surface area contributed by atoms with E-state index >= 15 is 0 Å². The highest BCUT2D eigenvalue weighted by atomic mass is 16.5. The maximum atomic E-state index is 11.9. The molecule has 0 heterocycles. The summed E-state index contributed by atoms with van der Waals surface area (Å²) in [5, 5.41) is 3.05. The third kappa shape index (κ3) is 5.23. The fraction of sp³-hybridized carbons (Fsp3) is 0.333. The van der Waals surface area contributed by atoms with Gasteiger partial charge < -0.3 is 10.1 Å². The average molecular weight is 367 g/mol. The first-order valence-electron chi connectivity index (χ1n) is 9.14. The van der Waals surface area contributed by atoms with Gasteiger partial charge in [-0.05, 0) is 68.0 Å². The van der Waals surface area contributed by atoms with E-state index in [1.54, 1.807) is 0 Å². The lowest BCUT2D eigenvalue weighted by atomic mass is 10.1. The molecule has 27 heavy (non-hydrogen) atoms. The summed E-state index contributed by atoms with van der Waals surface area (Å²) in [6.07, 6.45) is 3.34. The minimum absolute atomic E-state index is 0.0653. The maximum Gasteiger partial charge on any atom is 0.276 e. The molecule has 0 bridgehead atoms. The summed E-state index contributed by atoms with van der Waals surface area (Å²) >= 11 is 0. The lowest BCUT2D eigenvalue weighted by Crippen LogP contribution is -2.46. The van der Waals surface area contributed by atoms with Crippen molar-refractivity contribution >= 4 is 17.5 Å². The Kier molecular flexibility index (Phi) is 5.96. The Balaban J connectivity index is 1.37. The van der Waals surface area contributed by atoms with Gasteiger partial charge in [0, 0.05) is 5.69 Å². The summed E-state index contributed by atoms with van der Waals surface area (Å²) in [7, 11) is 0. The van der Waals surface area contributed by atoms with E-state index in [1.165, 1.54) is 17.5 Å². The summed E-state index contributed by atoms with van der Waals surface area (Å²) < 4.78 is 5.50. The van der Waals surface area contributed by atoms with E-state index in [0.717, 1.165) is 29.7 Å². The number of ether oxygens (including phenoxy) is 1. The lowest BCUT2D eigenvalue weighted by Gasteiger charge is -2.12. The second-order valence-electron chi connectivity index (χ2n) is 6.84. The van der Waals surface area contributed by atoms with Gasteiger partial charge >= 0.3 is 0 Å². The number of anilines is 1. The molecule has 2 aromatic carbocycles. The van der Waals surface area contributed by atoms with Gasteiger partial charge in [0.25, 0.3) is 11.8 Å². The highest BCUT2D eigenvalue weighted by Crippen LogP contribution is 2.25. The van der Waals surface area contributed by atoms with E-state index in [0.29, 0.717) is 5.75 Å². The number of carbonyl (C=O) groups excluding carboxylic acids is 2. The molecule has 0 atom stereocenters. The van der Waals surface area contributed by atoms with E-state index in [9.17, 15) is 9.59 Å². The summed E-state index contributed by atoms with van der Waals surface area (Å²) in [5.41, 5.74) is 10.5. The van der Waals surface area contributed by atoms with Gasteiger partial charge in [-0.2, -0.15) is 0 Å². The third-order valence-electron chi connectivity index (χ3n) is 4.60. The van der Waals surface area contributed by atoms with Crippen LogP contribution in [0.3, 0.4) is 0 Å². The van der Waals surface area contributed by atoms with Crippen LogP contribution in [0.4, 0.5) is 5.69 Å². The molecule has 2 amide bonds. The van der Waals surface area contributed by atoms with Crippen molar-refractivity contribution in [3.05, 3.63) is 58.7 Å². The molecule has 0 aromatic heterocycles. The molecule has 0 aliphatic heterocycles. The topological polar surface area (TPSA) is 79.5 Å². The molecule has 3 N–H and O–H groups in total. The minimum atomic E-state index is -0.407. The van der Waals surface area contributed by atoms with Crippen molar-refractivity contribution in [2.45, 2.75) is 33.1 Å². The molecule has 0 saturated heterocycles. The molecular formula is C21H25N3O3. The summed E-state index contributed by atoms with van der Waals surface area (Å²) in [4.78, 5) is 23.7. The maximum absolute atomic E-state index is 11.9. The molecule has 0 fully saturated rings. The monoisotopic (exact) mass is 367 g/mol. The van der Waals surface area contributed by atoms with Crippen molar-refractivity contribution in [2.75, 3.05) is 18.5 Å². The SMILES string of the molecule is Cc1ccc(NCC(=O)NNC(=O)COc2ccc3c(c2)CCC3)c(C)c1. The highest BCUT2D eigenvalue weighted by Gasteiger charge is 2.12. The lowest BCUT2D eigenvalue weighted by molar-refractivity contribution is -0.129. The molecule has 3 rings (SSSR count). The van der Waals surface area contributed by atoms with Crippen LogP contribution in [0.2, 0.25) is 0 Å². The third-order valence-corrected chi connectivity index (χ3v) is 4.60. The van der Waals surface area contributed by atoms with Crippen LogP contribution in [0.1, 0.15) is 28.7 Å². The highest BCUT2D eigenvalue weighted by molar-refractivity contribution is 5.85. The number of aryl methyl sites for hydroxylation is 4. The van der Waals surface area contributed by atoms with Gasteiger partial charge in [0.15, 0.2) is 6.61 Å². The van der Waals surface area contributed by atoms with Crippen LogP contribution in [0, 0.1) is 13.8 Å². The summed E-state index contributed by atoms with van der Waals surface area (Å²) in [6, 6.07) is 11.9. The van der Waals surface area contributed by atoms with Crippen molar-refractivity contribution < 1.29 is 14.3 Å². The molecule has 2 aromatic rings. The fourth-order valence-corrected chi connectivity index (χ4v) is 3.19. The van der Waals surface area contributed by atoms with Crippen LogP contribution in [0.25, 0.3) is 0 Å². The van der Waals surface area contributed by atoms with E-state index in [4.69, 9.17) is 4.74 Å². The Hall–Kier alpha value is -3.02. The number of nitrogens with one attached hydrogen (secondary N) is 3. The Labute approximate surface area is 159 Å². The summed E-state index contributed by atoms with van der Waals surface area (Å²) in [5.74, 6) is -0.0649. The van der Waals surface area contributed by atoms with E-state index in [2.05, 4.69) is 22.2 Å². The molecule has 0 radical (unpaired) electrons. The van der Waals surface area contributed by atoms with Crippen LogP contribution < -0.4 is 20.9 Å². The quantitative estimate of drug-likeness (QED) is 0.685. The van der Waals surface area contributed by atoms with Crippen LogP contribution in [-0.4, -0.2) is 25.0 Å². The Morgan fingerprint density at radius 3 is 2.56 bits per heavy atom. The standard InChI is InChI=1S/C21H25N3O3/c1-14-6-9-19(15(2)10-14)22-12-20(25)23-24-21(26)13-27-18-8-7-16-4-3-5-17(16)11-18/h6-11,22H,3-5,12-13H2,1-2H3,(H,23,25)(H,24,26). The molecule has 1 aliphatic rings. The first kappa shape index (κ1) is 18.8. The minimum Gasteiger partial charge on any atom is -0.484 e. The van der Waals surface area contributed by atoms with Gasteiger partial charge in [0.05, 0.1) is 6.54 Å². The largest absolute Gasteiger partial charge is 0.484 e. The molecule has 6 nitrogen and oxygen atoms in total. The predicted octanol–water partition coefficient (Wildman–Crippen LogP) is 2.43. The smallest absolute Gasteiger partial charge is 0.276 e. The Morgan fingerprint density at radius 1 is 0.963 bits per heavy atom. The normalized spacial score (nSPS) is 12.2. The fourth-order valence-electron chi connectivity index (χ4n) is 3.19. The number of carbonyl (C=O) groups is 2. The van der Waals surface area contributed by atoms with Crippen molar-refractivity contribution in [1.29, 1.82) is 0 Å². The van der Waals surface area contributed by atoms with Gasteiger partial charge in [0.1, 0.15) is 5.75 Å². The van der Waals surface area contributed by atoms with Crippen molar-refractivity contribution in [2.24, 2.45) is 0 Å². The van der Waals surface area contributed by atoms with Gasteiger partial charge in [-0.25, -0.2) is 0 Å². The van der Waals surface area contributed by atoms with E-state index in [1.807, 2.05) is 44.2 Å². The molecule has 1 aliphatic carbocycles. The van der Waals surface area contributed by atoms with E-state index in [-0.39, 0.29) is 19.1 Å². The van der Waals surface area contributed by atoms with Crippen molar-refractivity contribution in [3.63, 3.8) is 0 Å². The number of hydrogen-bond donors (Lipinski definition) is 3. The Bertz CT molecular complexity index is 849. The molecule has 0 spiro atoms. The van der Waals surface area contributed by atoms with Crippen molar-refractivity contribution in [1.82, 2.24) is 10.9 Å². The number of fused-ring (bicyclic) bond motifs is 1. The molecule has 0 unspecified atom stereocenters. The van der Waals surface area contributed by atoms with E-state index < -0.39 is 5.91 Å². The van der Waals surface area contributed by atoms with Gasteiger partial charge in [-0.1, -0.05) is 23.8 Å². The van der Waals surface area contributed by atoms with Gasteiger partial charge in [-0.3, -0.25) is 20.4 Å². The first-order chi connectivity index (χ1) is 13.0. The molecule has 0 saturated carbocycles. The van der Waals surface area contributed by atoms with Crippen molar-refractivity contribution in [3.8, 4) is 5.75 Å². The zero-order chi connectivity index (χ0) is 19.2.